The molecule has 1 saturated heterocycles. The van der Waals surface area contributed by atoms with Crippen molar-refractivity contribution in [3.05, 3.63) is 23.8 Å². The van der Waals surface area contributed by atoms with Gasteiger partial charge in [0.2, 0.25) is 0 Å². The molecule has 0 bridgehead atoms. The van der Waals surface area contributed by atoms with Crippen LogP contribution >= 0.6 is 11.8 Å². The summed E-state index contributed by atoms with van der Waals surface area (Å²) in [5.74, 6) is 0.675. The minimum absolute atomic E-state index is 0.478. The molecule has 1 N–H and O–H groups in total. The molecule has 0 aromatic heterocycles. The summed E-state index contributed by atoms with van der Waals surface area (Å²) in [5, 5.41) is 3.36. The molecule has 0 radical (unpaired) electrons. The number of benzene rings is 1. The molecule has 3 nitrogen and oxygen atoms in total. The summed E-state index contributed by atoms with van der Waals surface area (Å²) in [4.78, 5) is 1.32. The molecule has 19 heavy (non-hydrogen) atoms. The van der Waals surface area contributed by atoms with Crippen molar-refractivity contribution in [1.29, 1.82) is 0 Å². The first kappa shape index (κ1) is 14.9. The molecule has 106 valence electrons. The number of sulfone groups is 1. The summed E-state index contributed by atoms with van der Waals surface area (Å²) < 4.78 is 23.7. The van der Waals surface area contributed by atoms with Crippen LogP contribution in [0, 0.1) is 5.92 Å². The zero-order valence-electron chi connectivity index (χ0n) is 11.5. The first-order valence-electron chi connectivity index (χ1n) is 6.58. The summed E-state index contributed by atoms with van der Waals surface area (Å²) >= 11 is 1.49. The molecule has 0 amide bonds. The van der Waals surface area contributed by atoms with Gasteiger partial charge in [0.15, 0.2) is 9.84 Å². The maximum absolute atomic E-state index is 11.8. The molecule has 0 saturated carbocycles. The Morgan fingerprint density at radius 1 is 1.32 bits per heavy atom. The van der Waals surface area contributed by atoms with Crippen molar-refractivity contribution in [3.63, 3.8) is 0 Å². The first-order chi connectivity index (χ1) is 9.00. The summed E-state index contributed by atoms with van der Waals surface area (Å²) in [6, 6.07) is 5.88. The van der Waals surface area contributed by atoms with Gasteiger partial charge in [-0.2, -0.15) is 0 Å². The van der Waals surface area contributed by atoms with Crippen LogP contribution in [0.5, 0.6) is 0 Å². The van der Waals surface area contributed by atoms with Crippen molar-refractivity contribution in [2.24, 2.45) is 5.92 Å². The van der Waals surface area contributed by atoms with Crippen LogP contribution in [-0.2, 0) is 16.3 Å². The molecule has 0 aliphatic carbocycles. The van der Waals surface area contributed by atoms with Gasteiger partial charge in [0.1, 0.15) is 0 Å². The van der Waals surface area contributed by atoms with E-state index in [0.717, 1.165) is 30.0 Å². The predicted octanol–water partition coefficient (Wildman–Crippen LogP) is 2.35. The number of hydrogen-bond donors (Lipinski definition) is 1. The molecule has 1 aromatic carbocycles. The Bertz CT molecular complexity index is 534. The Kier molecular flexibility index (Phi) is 4.92. The molecule has 1 heterocycles. The molecule has 5 heteroatoms. The average Bonchev–Trinajstić information content (AvgIpc) is 2.39. The summed E-state index contributed by atoms with van der Waals surface area (Å²) in [5.41, 5.74) is 1.14. The van der Waals surface area contributed by atoms with Crippen LogP contribution in [0.25, 0.3) is 0 Å². The van der Waals surface area contributed by atoms with E-state index in [1.165, 1.54) is 30.9 Å². The van der Waals surface area contributed by atoms with Crippen LogP contribution in [0.2, 0.25) is 0 Å². The van der Waals surface area contributed by atoms with Gasteiger partial charge in [-0.25, -0.2) is 8.42 Å². The van der Waals surface area contributed by atoms with Gasteiger partial charge in [-0.15, -0.1) is 11.8 Å². The third-order valence-electron chi connectivity index (χ3n) is 3.61. The van der Waals surface area contributed by atoms with Crippen molar-refractivity contribution in [3.8, 4) is 0 Å². The van der Waals surface area contributed by atoms with Crippen molar-refractivity contribution >= 4 is 21.6 Å². The van der Waals surface area contributed by atoms with Crippen molar-refractivity contribution in [2.45, 2.75) is 29.1 Å². The standard InChI is InChI=1S/C14H21NO2S2/c1-18-13-4-3-12(10-14(13)19(2,16)17)9-11-5-7-15-8-6-11/h3-4,10-11,15H,5-9H2,1-2H3. The minimum atomic E-state index is -3.14. The van der Waals surface area contributed by atoms with Gasteiger partial charge in [-0.05, 0) is 62.2 Å². The highest BCUT2D eigenvalue weighted by Crippen LogP contribution is 2.27. The minimum Gasteiger partial charge on any atom is -0.317 e. The molecule has 1 aliphatic heterocycles. The van der Waals surface area contributed by atoms with E-state index in [1.807, 2.05) is 18.4 Å². The summed E-state index contributed by atoms with van der Waals surface area (Å²) in [6.45, 7) is 2.15. The number of hydrogen-bond acceptors (Lipinski definition) is 4. The van der Waals surface area contributed by atoms with E-state index in [4.69, 9.17) is 0 Å². The molecule has 2 rings (SSSR count). The van der Waals surface area contributed by atoms with Crippen LogP contribution < -0.4 is 5.32 Å². The molecule has 1 aromatic rings. The Morgan fingerprint density at radius 3 is 2.58 bits per heavy atom. The van der Waals surface area contributed by atoms with E-state index in [2.05, 4.69) is 11.4 Å². The zero-order chi connectivity index (χ0) is 13.9. The van der Waals surface area contributed by atoms with E-state index >= 15 is 0 Å². The lowest BCUT2D eigenvalue weighted by Gasteiger charge is -2.22. The van der Waals surface area contributed by atoms with E-state index in [1.54, 1.807) is 0 Å². The largest absolute Gasteiger partial charge is 0.317 e. The van der Waals surface area contributed by atoms with Gasteiger partial charge in [-0.1, -0.05) is 6.07 Å². The number of nitrogens with one attached hydrogen (secondary N) is 1. The fourth-order valence-corrected chi connectivity index (χ4v) is 4.52. The van der Waals surface area contributed by atoms with Crippen LogP contribution in [0.15, 0.2) is 28.0 Å². The van der Waals surface area contributed by atoms with E-state index in [0.29, 0.717) is 10.8 Å². The number of rotatable bonds is 4. The quantitative estimate of drug-likeness (QED) is 0.867. The van der Waals surface area contributed by atoms with Gasteiger partial charge in [0.05, 0.1) is 4.90 Å². The number of piperidine rings is 1. The maximum Gasteiger partial charge on any atom is 0.176 e. The highest BCUT2D eigenvalue weighted by molar-refractivity contribution is 7.99. The summed E-state index contributed by atoms with van der Waals surface area (Å²) in [6.07, 6.45) is 6.54. The second-order valence-corrected chi connectivity index (χ2v) is 7.99. The Labute approximate surface area is 120 Å². The van der Waals surface area contributed by atoms with Gasteiger partial charge in [-0.3, -0.25) is 0 Å². The zero-order valence-corrected chi connectivity index (χ0v) is 13.1. The van der Waals surface area contributed by atoms with Crippen molar-refractivity contribution < 1.29 is 8.42 Å². The van der Waals surface area contributed by atoms with Gasteiger partial charge < -0.3 is 5.32 Å². The van der Waals surface area contributed by atoms with Crippen LogP contribution in [0.4, 0.5) is 0 Å². The lowest BCUT2D eigenvalue weighted by atomic mass is 9.91. The highest BCUT2D eigenvalue weighted by Gasteiger charge is 2.17. The normalized spacial score (nSPS) is 17.6. The van der Waals surface area contributed by atoms with E-state index in [9.17, 15) is 8.42 Å². The Morgan fingerprint density at radius 2 is 2.00 bits per heavy atom. The lowest BCUT2D eigenvalue weighted by Crippen LogP contribution is -2.28. The SMILES string of the molecule is CSc1ccc(CC2CCNCC2)cc1S(C)(=O)=O. The second-order valence-electron chi connectivity index (χ2n) is 5.15. The smallest absolute Gasteiger partial charge is 0.176 e. The average molecular weight is 299 g/mol. The van der Waals surface area contributed by atoms with Gasteiger partial charge in [0, 0.05) is 11.2 Å². The molecule has 1 aliphatic rings. The van der Waals surface area contributed by atoms with Crippen LogP contribution in [0.3, 0.4) is 0 Å². The van der Waals surface area contributed by atoms with Crippen LogP contribution in [-0.4, -0.2) is 34.0 Å². The predicted molar refractivity (Wildman–Crippen MR) is 80.6 cm³/mol. The molecule has 1 fully saturated rings. The Balaban J connectivity index is 2.22. The van der Waals surface area contributed by atoms with Gasteiger partial charge >= 0.3 is 0 Å². The number of thioether (sulfide) groups is 1. The molecular weight excluding hydrogens is 278 g/mol. The topological polar surface area (TPSA) is 46.2 Å². The van der Waals surface area contributed by atoms with E-state index < -0.39 is 9.84 Å². The second kappa shape index (κ2) is 6.29. The van der Waals surface area contributed by atoms with Crippen molar-refractivity contribution in [1.82, 2.24) is 5.32 Å². The van der Waals surface area contributed by atoms with Gasteiger partial charge in [0.25, 0.3) is 0 Å². The molecule has 0 atom stereocenters. The van der Waals surface area contributed by atoms with E-state index in [-0.39, 0.29) is 0 Å². The summed E-state index contributed by atoms with van der Waals surface area (Å²) in [7, 11) is -3.14. The molecule has 0 spiro atoms. The van der Waals surface area contributed by atoms with Crippen molar-refractivity contribution in [2.75, 3.05) is 25.6 Å². The third kappa shape index (κ3) is 3.97. The first-order valence-corrected chi connectivity index (χ1v) is 9.70. The highest BCUT2D eigenvalue weighted by atomic mass is 32.2. The Hall–Kier alpha value is -0.520. The third-order valence-corrected chi connectivity index (χ3v) is 5.67. The molecule has 0 unspecified atom stereocenters. The fourth-order valence-electron chi connectivity index (χ4n) is 2.56. The lowest BCUT2D eigenvalue weighted by molar-refractivity contribution is 0.372. The van der Waals surface area contributed by atoms with Crippen LogP contribution in [0.1, 0.15) is 18.4 Å². The fraction of sp³-hybridized carbons (Fsp3) is 0.571. The maximum atomic E-state index is 11.8. The molecular formula is C14H21NO2S2. The monoisotopic (exact) mass is 299 g/mol.